The lowest BCUT2D eigenvalue weighted by Crippen LogP contribution is -2.28. The number of hydrogen-bond acceptors (Lipinski definition) is 4. The summed E-state index contributed by atoms with van der Waals surface area (Å²) in [5, 5.41) is 9.47. The Morgan fingerprint density at radius 1 is 1.00 bits per heavy atom. The number of nitrogens with zero attached hydrogens (tertiary/aromatic N) is 1. The number of benzene rings is 2. The largest absolute Gasteiger partial charge is 0.481 e. The van der Waals surface area contributed by atoms with Crippen LogP contribution in [0.4, 0.5) is 0 Å². The number of sulfonamides is 1. The quantitative estimate of drug-likeness (QED) is 0.382. The summed E-state index contributed by atoms with van der Waals surface area (Å²) in [6.07, 6.45) is 6.42. The molecule has 2 N–H and O–H groups in total. The fourth-order valence-corrected chi connectivity index (χ4v) is 4.94. The predicted molar refractivity (Wildman–Crippen MR) is 129 cm³/mol. The zero-order valence-electron chi connectivity index (χ0n) is 18.2. The van der Waals surface area contributed by atoms with Crippen LogP contribution >= 0.6 is 11.6 Å². The maximum absolute atomic E-state index is 12.7. The summed E-state index contributed by atoms with van der Waals surface area (Å²) < 4.78 is 28.2. The number of carboxylic acids is 1. The number of rotatable bonds is 12. The van der Waals surface area contributed by atoms with Crippen molar-refractivity contribution in [1.29, 1.82) is 0 Å². The van der Waals surface area contributed by atoms with Crippen molar-refractivity contribution >= 4 is 27.6 Å². The molecule has 0 amide bonds. The molecule has 1 atom stereocenters. The molecule has 2 aromatic carbocycles. The minimum absolute atomic E-state index is 0.0491. The number of aryl methyl sites for hydroxylation is 2. The number of pyridine rings is 1. The molecule has 0 radical (unpaired) electrons. The molecule has 0 saturated carbocycles. The molecule has 8 heteroatoms. The molecule has 3 rings (SSSR count). The molecule has 0 saturated heterocycles. The lowest BCUT2D eigenvalue weighted by Gasteiger charge is -2.18. The topological polar surface area (TPSA) is 96.4 Å². The van der Waals surface area contributed by atoms with Gasteiger partial charge in [0.25, 0.3) is 0 Å². The first kappa shape index (κ1) is 24.9. The van der Waals surface area contributed by atoms with E-state index >= 15 is 0 Å². The molecular formula is C25H27ClN2O4S. The van der Waals surface area contributed by atoms with E-state index in [1.54, 1.807) is 24.5 Å². The van der Waals surface area contributed by atoms with Gasteiger partial charge >= 0.3 is 5.97 Å². The number of aromatic nitrogens is 1. The maximum Gasteiger partial charge on any atom is 0.303 e. The van der Waals surface area contributed by atoms with Gasteiger partial charge in [-0.2, -0.15) is 0 Å². The van der Waals surface area contributed by atoms with Crippen molar-refractivity contribution in [1.82, 2.24) is 9.71 Å². The molecule has 0 aliphatic rings. The van der Waals surface area contributed by atoms with Crippen molar-refractivity contribution in [2.24, 2.45) is 0 Å². The standard InChI is InChI=1S/C25H27ClN2O4S/c26-23-11-13-24(14-12-23)33(31,32)28-18-22(21-9-4-16-27-17-21)8-3-7-19-5-1-2-6-20(19)10-15-25(29)30/h1-2,4-6,9,11-14,16-17,22,28H,3,7-8,10,15,18H2,(H,29,30). The molecule has 3 aromatic rings. The number of aliphatic carboxylic acids is 1. The summed E-state index contributed by atoms with van der Waals surface area (Å²) in [6, 6.07) is 17.7. The Labute approximate surface area is 199 Å². The van der Waals surface area contributed by atoms with E-state index in [1.807, 2.05) is 36.4 Å². The van der Waals surface area contributed by atoms with Crippen LogP contribution in [0.2, 0.25) is 5.02 Å². The lowest BCUT2D eigenvalue weighted by atomic mass is 9.92. The smallest absolute Gasteiger partial charge is 0.303 e. The van der Waals surface area contributed by atoms with E-state index in [0.29, 0.717) is 11.4 Å². The van der Waals surface area contributed by atoms with Gasteiger partial charge in [-0.05, 0) is 78.6 Å². The predicted octanol–water partition coefficient (Wildman–Crippen LogP) is 4.84. The minimum atomic E-state index is -3.66. The van der Waals surface area contributed by atoms with Crippen LogP contribution in [0.5, 0.6) is 0 Å². The molecule has 0 spiro atoms. The third kappa shape index (κ3) is 7.67. The highest BCUT2D eigenvalue weighted by molar-refractivity contribution is 7.89. The van der Waals surface area contributed by atoms with Crippen LogP contribution in [0.25, 0.3) is 0 Å². The molecule has 0 fully saturated rings. The second-order valence-electron chi connectivity index (χ2n) is 7.84. The second kappa shape index (κ2) is 11.9. The Bertz CT molecular complexity index is 1150. The monoisotopic (exact) mass is 486 g/mol. The summed E-state index contributed by atoms with van der Waals surface area (Å²) in [5.74, 6) is -0.860. The normalized spacial score (nSPS) is 12.4. The fourth-order valence-electron chi connectivity index (χ4n) is 3.74. The summed E-state index contributed by atoms with van der Waals surface area (Å²) in [4.78, 5) is 15.3. The summed E-state index contributed by atoms with van der Waals surface area (Å²) in [7, 11) is -3.66. The van der Waals surface area contributed by atoms with Crippen molar-refractivity contribution in [3.63, 3.8) is 0 Å². The number of nitrogens with one attached hydrogen (secondary N) is 1. The highest BCUT2D eigenvalue weighted by Crippen LogP contribution is 2.23. The molecule has 174 valence electrons. The first-order chi connectivity index (χ1) is 15.8. The first-order valence-corrected chi connectivity index (χ1v) is 12.6. The number of carboxylic acid groups (broad SMARTS) is 1. The Balaban J connectivity index is 1.66. The Morgan fingerprint density at radius 3 is 2.33 bits per heavy atom. The molecule has 1 aromatic heterocycles. The SMILES string of the molecule is O=C(O)CCc1ccccc1CCCC(CNS(=O)(=O)c1ccc(Cl)cc1)c1cccnc1. The van der Waals surface area contributed by atoms with E-state index in [-0.39, 0.29) is 23.8 Å². The third-order valence-electron chi connectivity index (χ3n) is 5.52. The van der Waals surface area contributed by atoms with E-state index in [1.165, 1.54) is 12.1 Å². The van der Waals surface area contributed by atoms with Gasteiger partial charge in [0.15, 0.2) is 0 Å². The number of carbonyl (C=O) groups is 1. The molecule has 6 nitrogen and oxygen atoms in total. The molecule has 0 aliphatic heterocycles. The van der Waals surface area contributed by atoms with Gasteiger partial charge in [0, 0.05) is 30.4 Å². The van der Waals surface area contributed by atoms with Gasteiger partial charge in [-0.3, -0.25) is 9.78 Å². The van der Waals surface area contributed by atoms with E-state index in [0.717, 1.165) is 36.0 Å². The summed E-state index contributed by atoms with van der Waals surface area (Å²) in [5.41, 5.74) is 3.14. The number of hydrogen-bond donors (Lipinski definition) is 2. The molecule has 33 heavy (non-hydrogen) atoms. The van der Waals surface area contributed by atoms with Gasteiger partial charge in [0.2, 0.25) is 10.0 Å². The van der Waals surface area contributed by atoms with Crippen LogP contribution in [0, 0.1) is 0 Å². The summed E-state index contributed by atoms with van der Waals surface area (Å²) in [6.45, 7) is 0.247. The second-order valence-corrected chi connectivity index (χ2v) is 10.0. The first-order valence-electron chi connectivity index (χ1n) is 10.8. The van der Waals surface area contributed by atoms with E-state index in [9.17, 15) is 13.2 Å². The zero-order chi connectivity index (χ0) is 23.7. The Morgan fingerprint density at radius 2 is 1.70 bits per heavy atom. The zero-order valence-corrected chi connectivity index (χ0v) is 19.7. The Hall–Kier alpha value is -2.74. The van der Waals surface area contributed by atoms with Gasteiger partial charge in [0.1, 0.15) is 0 Å². The van der Waals surface area contributed by atoms with Crippen LogP contribution in [0.3, 0.4) is 0 Å². The Kier molecular flexibility index (Phi) is 9.00. The minimum Gasteiger partial charge on any atom is -0.481 e. The molecule has 1 unspecified atom stereocenters. The van der Waals surface area contributed by atoms with E-state index in [4.69, 9.17) is 16.7 Å². The van der Waals surface area contributed by atoms with Crippen LogP contribution in [0.15, 0.2) is 78.0 Å². The highest BCUT2D eigenvalue weighted by Gasteiger charge is 2.19. The maximum atomic E-state index is 12.7. The molecule has 0 bridgehead atoms. The van der Waals surface area contributed by atoms with Crippen molar-refractivity contribution in [2.45, 2.75) is 42.9 Å². The van der Waals surface area contributed by atoms with Crippen LogP contribution in [0.1, 0.15) is 41.9 Å². The lowest BCUT2D eigenvalue weighted by molar-refractivity contribution is -0.136. The van der Waals surface area contributed by atoms with E-state index < -0.39 is 16.0 Å². The van der Waals surface area contributed by atoms with Crippen molar-refractivity contribution in [2.75, 3.05) is 6.54 Å². The third-order valence-corrected chi connectivity index (χ3v) is 7.22. The van der Waals surface area contributed by atoms with Crippen LogP contribution in [-0.2, 0) is 27.7 Å². The van der Waals surface area contributed by atoms with Crippen molar-refractivity contribution in [3.8, 4) is 0 Å². The van der Waals surface area contributed by atoms with Crippen molar-refractivity contribution < 1.29 is 18.3 Å². The van der Waals surface area contributed by atoms with Gasteiger partial charge in [-0.15, -0.1) is 0 Å². The van der Waals surface area contributed by atoms with Gasteiger partial charge in [-0.1, -0.05) is 41.9 Å². The van der Waals surface area contributed by atoms with Crippen LogP contribution < -0.4 is 4.72 Å². The van der Waals surface area contributed by atoms with Crippen LogP contribution in [-0.4, -0.2) is 31.0 Å². The highest BCUT2D eigenvalue weighted by atomic mass is 35.5. The van der Waals surface area contributed by atoms with E-state index in [2.05, 4.69) is 9.71 Å². The fraction of sp³-hybridized carbons (Fsp3) is 0.280. The van der Waals surface area contributed by atoms with Gasteiger partial charge in [0.05, 0.1) is 4.90 Å². The molecular weight excluding hydrogens is 460 g/mol. The molecule has 0 aliphatic carbocycles. The van der Waals surface area contributed by atoms with Gasteiger partial charge in [-0.25, -0.2) is 13.1 Å². The number of halogens is 1. The average molecular weight is 487 g/mol. The van der Waals surface area contributed by atoms with Gasteiger partial charge < -0.3 is 5.11 Å². The molecule has 1 heterocycles. The van der Waals surface area contributed by atoms with Crippen molar-refractivity contribution in [3.05, 3.63) is 94.8 Å². The summed E-state index contributed by atoms with van der Waals surface area (Å²) >= 11 is 5.87. The average Bonchev–Trinajstić information content (AvgIpc) is 2.81.